The Morgan fingerprint density at radius 2 is 1.36 bits per heavy atom. The summed E-state index contributed by atoms with van der Waals surface area (Å²) in [6.07, 6.45) is 11.1. The van der Waals surface area contributed by atoms with Gasteiger partial charge in [0, 0.05) is 17.5 Å². The van der Waals surface area contributed by atoms with Crippen molar-refractivity contribution in [1.82, 2.24) is 14.7 Å². The molecule has 2 aliphatic rings. The maximum atomic E-state index is 13.5. The summed E-state index contributed by atoms with van der Waals surface area (Å²) in [5.41, 5.74) is 0.271. The summed E-state index contributed by atoms with van der Waals surface area (Å²) in [5, 5.41) is 5.17. The number of aromatic nitrogens is 2. The summed E-state index contributed by atoms with van der Waals surface area (Å²) in [4.78, 5) is 41.9. The highest BCUT2D eigenvalue weighted by Crippen LogP contribution is 2.30. The van der Waals surface area contributed by atoms with E-state index < -0.39 is 5.97 Å². The summed E-state index contributed by atoms with van der Waals surface area (Å²) in [5.74, 6) is -0.820. The molecular weight excluding hydrogens is 454 g/mol. The molecular formula is C29H33N3O4. The van der Waals surface area contributed by atoms with E-state index in [-0.39, 0.29) is 35.9 Å². The third-order valence-corrected chi connectivity index (χ3v) is 7.55. The summed E-state index contributed by atoms with van der Waals surface area (Å²) in [6, 6.07) is 16.3. The fourth-order valence-corrected chi connectivity index (χ4v) is 5.78. The number of hydrogen-bond donors (Lipinski definition) is 0. The van der Waals surface area contributed by atoms with E-state index >= 15 is 0 Å². The van der Waals surface area contributed by atoms with Crippen LogP contribution in [0.1, 0.15) is 74.7 Å². The number of rotatable bonds is 6. The lowest BCUT2D eigenvalue weighted by molar-refractivity contribution is -0.141. The second-order valence-electron chi connectivity index (χ2n) is 9.91. The van der Waals surface area contributed by atoms with Gasteiger partial charge in [0.1, 0.15) is 0 Å². The number of para-hydroxylation sites is 1. The Bertz CT molecular complexity index is 1260. The average Bonchev–Trinajstić information content (AvgIpc) is 2.94. The highest BCUT2D eigenvalue weighted by molar-refractivity contribution is 6.02. The maximum absolute atomic E-state index is 13.5. The number of carbonyl (C=O) groups is 2. The molecule has 0 saturated heterocycles. The van der Waals surface area contributed by atoms with Crippen molar-refractivity contribution in [2.45, 2.75) is 76.3 Å². The molecule has 36 heavy (non-hydrogen) atoms. The van der Waals surface area contributed by atoms with Gasteiger partial charge in [-0.3, -0.25) is 9.59 Å². The minimum atomic E-state index is -0.698. The van der Waals surface area contributed by atoms with E-state index in [0.717, 1.165) is 51.4 Å². The number of fused-ring (bicyclic) bond motifs is 1. The quantitative estimate of drug-likeness (QED) is 0.455. The SMILES string of the molecule is O=C(OCC(=O)N(C1CCCCC1)C1CCCCC1)c1nn(-c2ccccc2)c(=O)c2ccccc12. The van der Waals surface area contributed by atoms with Crippen LogP contribution in [0.5, 0.6) is 0 Å². The van der Waals surface area contributed by atoms with Crippen LogP contribution in [-0.2, 0) is 9.53 Å². The zero-order chi connectivity index (χ0) is 24.9. The average molecular weight is 488 g/mol. The molecule has 1 heterocycles. The van der Waals surface area contributed by atoms with E-state index in [1.165, 1.54) is 17.5 Å². The largest absolute Gasteiger partial charge is 0.451 e. The first-order valence-electron chi connectivity index (χ1n) is 13.2. The second kappa shape index (κ2) is 11.1. The highest BCUT2D eigenvalue weighted by Gasteiger charge is 2.33. The molecule has 5 rings (SSSR count). The molecule has 2 aromatic carbocycles. The van der Waals surface area contributed by atoms with Crippen molar-refractivity contribution in [3.63, 3.8) is 0 Å². The Morgan fingerprint density at radius 3 is 1.97 bits per heavy atom. The fraction of sp³-hybridized carbons (Fsp3) is 0.448. The lowest BCUT2D eigenvalue weighted by atomic mass is 9.88. The molecule has 0 aliphatic heterocycles. The van der Waals surface area contributed by atoms with Gasteiger partial charge < -0.3 is 9.64 Å². The van der Waals surface area contributed by atoms with Crippen molar-refractivity contribution in [1.29, 1.82) is 0 Å². The molecule has 1 aromatic heterocycles. The zero-order valence-electron chi connectivity index (χ0n) is 20.6. The smallest absolute Gasteiger partial charge is 0.359 e. The monoisotopic (exact) mass is 487 g/mol. The lowest BCUT2D eigenvalue weighted by Crippen LogP contribution is -2.50. The van der Waals surface area contributed by atoms with Gasteiger partial charge in [0.25, 0.3) is 11.5 Å². The van der Waals surface area contributed by atoms with Crippen molar-refractivity contribution in [3.8, 4) is 5.69 Å². The minimum absolute atomic E-state index is 0.0312. The lowest BCUT2D eigenvalue weighted by Gasteiger charge is -2.41. The van der Waals surface area contributed by atoms with Crippen LogP contribution in [0.3, 0.4) is 0 Å². The molecule has 1 amide bonds. The number of benzene rings is 2. The van der Waals surface area contributed by atoms with E-state index in [4.69, 9.17) is 4.74 Å². The highest BCUT2D eigenvalue weighted by atomic mass is 16.5. The summed E-state index contributed by atoms with van der Waals surface area (Å²) < 4.78 is 6.80. The van der Waals surface area contributed by atoms with E-state index in [9.17, 15) is 14.4 Å². The number of ether oxygens (including phenoxy) is 1. The topological polar surface area (TPSA) is 81.5 Å². The number of hydrogen-bond acceptors (Lipinski definition) is 5. The van der Waals surface area contributed by atoms with Crippen LogP contribution < -0.4 is 5.56 Å². The van der Waals surface area contributed by atoms with Crippen LogP contribution in [0.4, 0.5) is 0 Å². The summed E-state index contributed by atoms with van der Waals surface area (Å²) >= 11 is 0. The fourth-order valence-electron chi connectivity index (χ4n) is 5.78. The Labute approximate surface area is 211 Å². The molecule has 0 radical (unpaired) electrons. The Morgan fingerprint density at radius 1 is 0.806 bits per heavy atom. The summed E-state index contributed by atoms with van der Waals surface area (Å²) in [6.45, 7) is -0.313. The molecule has 7 nitrogen and oxygen atoms in total. The molecule has 0 bridgehead atoms. The number of amides is 1. The van der Waals surface area contributed by atoms with Crippen molar-refractivity contribution in [3.05, 3.63) is 70.6 Å². The van der Waals surface area contributed by atoms with Crippen LogP contribution >= 0.6 is 0 Å². The Hall–Kier alpha value is -3.48. The summed E-state index contributed by atoms with van der Waals surface area (Å²) in [7, 11) is 0. The third kappa shape index (κ3) is 5.06. The first kappa shape index (κ1) is 24.2. The van der Waals surface area contributed by atoms with Gasteiger partial charge in [0.15, 0.2) is 12.3 Å². The van der Waals surface area contributed by atoms with Crippen LogP contribution in [0.15, 0.2) is 59.4 Å². The molecule has 7 heteroatoms. The molecule has 0 spiro atoms. The molecule has 2 aliphatic carbocycles. The molecule has 0 atom stereocenters. The normalized spacial score (nSPS) is 17.1. The zero-order valence-corrected chi connectivity index (χ0v) is 20.6. The first-order chi connectivity index (χ1) is 17.6. The number of esters is 1. The minimum Gasteiger partial charge on any atom is -0.451 e. The molecule has 3 aromatic rings. The van der Waals surface area contributed by atoms with Gasteiger partial charge in [-0.2, -0.15) is 9.78 Å². The van der Waals surface area contributed by atoms with Crippen molar-refractivity contribution < 1.29 is 14.3 Å². The van der Waals surface area contributed by atoms with Crippen molar-refractivity contribution >= 4 is 22.6 Å². The van der Waals surface area contributed by atoms with Crippen LogP contribution in [-0.4, -0.2) is 45.2 Å². The predicted molar refractivity (Wildman–Crippen MR) is 138 cm³/mol. The predicted octanol–water partition coefficient (Wildman–Crippen LogP) is 5.04. The standard InChI is InChI=1S/C29H33N3O4/c33-26(31(21-12-4-1-5-13-21)22-14-6-2-7-15-22)20-36-29(35)27-24-18-10-11-19-25(24)28(34)32(30-27)23-16-8-3-9-17-23/h3,8-11,16-19,21-22H,1-2,4-7,12-15,20H2. The number of carbonyl (C=O) groups excluding carboxylic acids is 2. The van der Waals surface area contributed by atoms with Crippen molar-refractivity contribution in [2.75, 3.05) is 6.61 Å². The van der Waals surface area contributed by atoms with Crippen LogP contribution in [0, 0.1) is 0 Å². The van der Waals surface area contributed by atoms with Gasteiger partial charge in [-0.25, -0.2) is 4.79 Å². The molecule has 0 N–H and O–H groups in total. The van der Waals surface area contributed by atoms with Gasteiger partial charge in [0.2, 0.25) is 0 Å². The Kier molecular flexibility index (Phi) is 7.44. The van der Waals surface area contributed by atoms with Crippen molar-refractivity contribution in [2.24, 2.45) is 0 Å². The second-order valence-corrected chi connectivity index (χ2v) is 9.91. The van der Waals surface area contributed by atoms with E-state index in [1.807, 2.05) is 11.0 Å². The van der Waals surface area contributed by atoms with Crippen LogP contribution in [0.25, 0.3) is 16.5 Å². The molecule has 188 valence electrons. The maximum Gasteiger partial charge on any atom is 0.359 e. The van der Waals surface area contributed by atoms with E-state index in [2.05, 4.69) is 5.10 Å². The Balaban J connectivity index is 1.40. The van der Waals surface area contributed by atoms with Crippen LogP contribution in [0.2, 0.25) is 0 Å². The van der Waals surface area contributed by atoms with Gasteiger partial charge in [-0.15, -0.1) is 0 Å². The van der Waals surface area contributed by atoms with Gasteiger partial charge >= 0.3 is 5.97 Å². The molecule has 0 unspecified atom stereocenters. The van der Waals surface area contributed by atoms with Gasteiger partial charge in [-0.1, -0.05) is 74.9 Å². The first-order valence-corrected chi connectivity index (χ1v) is 13.2. The van der Waals surface area contributed by atoms with E-state index in [0.29, 0.717) is 16.5 Å². The number of nitrogens with zero attached hydrogens (tertiary/aromatic N) is 3. The third-order valence-electron chi connectivity index (χ3n) is 7.55. The van der Waals surface area contributed by atoms with E-state index in [1.54, 1.807) is 48.5 Å². The molecule has 2 saturated carbocycles. The van der Waals surface area contributed by atoms with Gasteiger partial charge in [-0.05, 0) is 43.9 Å². The molecule has 2 fully saturated rings. The van der Waals surface area contributed by atoms with Gasteiger partial charge in [0.05, 0.1) is 11.1 Å².